The molecule has 0 bridgehead atoms. The summed E-state index contributed by atoms with van der Waals surface area (Å²) in [6.45, 7) is 14.1. The third-order valence-corrected chi connectivity index (χ3v) is 5.72. The summed E-state index contributed by atoms with van der Waals surface area (Å²) in [5, 5.41) is 10.4. The van der Waals surface area contributed by atoms with Crippen LogP contribution in [0, 0.1) is 0 Å². The number of nitrogens with two attached hydrogens (primary N) is 2. The minimum absolute atomic E-state index is 0.180. The summed E-state index contributed by atoms with van der Waals surface area (Å²) >= 11 is 0. The van der Waals surface area contributed by atoms with Crippen molar-refractivity contribution in [3.63, 3.8) is 0 Å². The summed E-state index contributed by atoms with van der Waals surface area (Å²) in [6, 6.07) is 0.216. The largest absolute Gasteiger partial charge is 0.370 e. The van der Waals surface area contributed by atoms with Crippen LogP contribution in [0.15, 0.2) is 4.99 Å². The highest BCUT2D eigenvalue weighted by Crippen LogP contribution is 2.31. The number of nitrogens with zero attached hydrogens (tertiary/aromatic N) is 4. The molecule has 0 amide bonds. The number of guanidine groups is 1. The quantitative estimate of drug-likeness (QED) is 0.263. The molecule has 3 aliphatic heterocycles. The van der Waals surface area contributed by atoms with Gasteiger partial charge in [0.05, 0.1) is 6.04 Å². The van der Waals surface area contributed by atoms with Gasteiger partial charge in [0.1, 0.15) is 0 Å². The zero-order chi connectivity index (χ0) is 17.7. The van der Waals surface area contributed by atoms with Crippen molar-refractivity contribution in [2.75, 3.05) is 78.5 Å². The lowest BCUT2D eigenvalue weighted by Gasteiger charge is -2.56. The van der Waals surface area contributed by atoms with E-state index in [1.165, 1.54) is 0 Å². The fraction of sp³-hybridized carbons (Fsp3) is 0.938. The van der Waals surface area contributed by atoms with Gasteiger partial charge in [0.15, 0.2) is 11.7 Å². The maximum atomic E-state index is 5.97. The second-order valence-electron chi connectivity index (χ2n) is 7.16. The molecule has 0 saturated carbocycles. The van der Waals surface area contributed by atoms with Crippen LogP contribution in [0.4, 0.5) is 0 Å². The van der Waals surface area contributed by atoms with E-state index in [1.54, 1.807) is 0 Å². The number of aliphatic imine (C=N–C) groups is 1. The Morgan fingerprint density at radius 3 is 1.60 bits per heavy atom. The van der Waals surface area contributed by atoms with Crippen LogP contribution in [0.25, 0.3) is 0 Å². The van der Waals surface area contributed by atoms with Gasteiger partial charge in [-0.3, -0.25) is 14.7 Å². The summed E-state index contributed by atoms with van der Waals surface area (Å²) in [7, 11) is 0. The molecule has 3 rings (SSSR count). The first-order chi connectivity index (χ1) is 12.1. The molecule has 0 spiro atoms. The van der Waals surface area contributed by atoms with E-state index < -0.39 is 5.79 Å². The summed E-state index contributed by atoms with van der Waals surface area (Å²) in [5.74, 6) is -0.320. The van der Waals surface area contributed by atoms with Gasteiger partial charge in [-0.05, 0) is 6.92 Å². The van der Waals surface area contributed by atoms with Crippen molar-refractivity contribution in [2.24, 2.45) is 16.5 Å². The Labute approximate surface area is 151 Å². The lowest BCUT2D eigenvalue weighted by atomic mass is 10.0. The highest BCUT2D eigenvalue weighted by atomic mass is 15.5. The second-order valence-corrected chi connectivity index (χ2v) is 7.16. The number of nitrogens with one attached hydrogen (secondary N) is 3. The standard InChI is InChI=1S/C16H35N9/c1-14(23-8-2-19-3-9-23)16(22-15(17)18,24-10-4-20-5-11-24)25-12-6-21-7-13-25/h14,19-21H,2-13H2,1H3,(H4,17,18,22). The average Bonchev–Trinajstić information content (AvgIpc) is 2.67. The molecular weight excluding hydrogens is 318 g/mol. The smallest absolute Gasteiger partial charge is 0.189 e. The monoisotopic (exact) mass is 353 g/mol. The number of rotatable bonds is 5. The molecule has 0 aromatic heterocycles. The van der Waals surface area contributed by atoms with Gasteiger partial charge >= 0.3 is 0 Å². The van der Waals surface area contributed by atoms with Crippen LogP contribution in [0.1, 0.15) is 6.92 Å². The highest BCUT2D eigenvalue weighted by Gasteiger charge is 2.49. The van der Waals surface area contributed by atoms with E-state index in [0.29, 0.717) is 0 Å². The van der Waals surface area contributed by atoms with Crippen LogP contribution in [0.2, 0.25) is 0 Å². The molecule has 9 nitrogen and oxygen atoms in total. The Balaban J connectivity index is 1.97. The third kappa shape index (κ3) is 4.07. The van der Waals surface area contributed by atoms with Crippen molar-refractivity contribution in [3.8, 4) is 0 Å². The zero-order valence-corrected chi connectivity index (χ0v) is 15.5. The van der Waals surface area contributed by atoms with Gasteiger partial charge in [-0.1, -0.05) is 0 Å². The molecular formula is C16H35N9. The molecule has 0 aliphatic carbocycles. The molecule has 144 valence electrons. The second kappa shape index (κ2) is 8.61. The average molecular weight is 354 g/mol. The van der Waals surface area contributed by atoms with E-state index in [1.807, 2.05) is 0 Å². The Morgan fingerprint density at radius 1 is 0.800 bits per heavy atom. The lowest BCUT2D eigenvalue weighted by molar-refractivity contribution is -0.116. The maximum absolute atomic E-state index is 5.97. The predicted molar refractivity (Wildman–Crippen MR) is 101 cm³/mol. The summed E-state index contributed by atoms with van der Waals surface area (Å²) in [6.07, 6.45) is 0. The van der Waals surface area contributed by atoms with Gasteiger partial charge in [0.25, 0.3) is 0 Å². The van der Waals surface area contributed by atoms with Crippen LogP contribution in [-0.2, 0) is 0 Å². The normalized spacial score (nSPS) is 26.3. The van der Waals surface area contributed by atoms with Crippen LogP contribution >= 0.6 is 0 Å². The number of hydrogen-bond donors (Lipinski definition) is 5. The summed E-state index contributed by atoms with van der Waals surface area (Å²) < 4.78 is 0. The van der Waals surface area contributed by atoms with E-state index in [9.17, 15) is 0 Å². The van der Waals surface area contributed by atoms with Crippen LogP contribution in [0.5, 0.6) is 0 Å². The van der Waals surface area contributed by atoms with E-state index in [2.05, 4.69) is 37.6 Å². The molecule has 0 aromatic carbocycles. The molecule has 3 aliphatic rings. The zero-order valence-electron chi connectivity index (χ0n) is 15.5. The summed E-state index contributed by atoms with van der Waals surface area (Å²) in [5.41, 5.74) is 11.9. The fourth-order valence-electron chi connectivity index (χ4n) is 4.46. The first kappa shape index (κ1) is 18.8. The van der Waals surface area contributed by atoms with Gasteiger partial charge in [-0.25, -0.2) is 4.99 Å². The topological polar surface area (TPSA) is 110 Å². The minimum Gasteiger partial charge on any atom is -0.370 e. The summed E-state index contributed by atoms with van der Waals surface area (Å²) in [4.78, 5) is 12.4. The van der Waals surface area contributed by atoms with E-state index in [-0.39, 0.29) is 12.0 Å². The molecule has 1 unspecified atom stereocenters. The Hall–Kier alpha value is -0.970. The maximum Gasteiger partial charge on any atom is 0.189 e. The van der Waals surface area contributed by atoms with Crippen molar-refractivity contribution in [1.82, 2.24) is 30.7 Å². The predicted octanol–water partition coefficient (Wildman–Crippen LogP) is -2.98. The van der Waals surface area contributed by atoms with Crippen molar-refractivity contribution in [3.05, 3.63) is 0 Å². The molecule has 9 heteroatoms. The third-order valence-electron chi connectivity index (χ3n) is 5.72. The van der Waals surface area contributed by atoms with Gasteiger partial charge in [-0.15, -0.1) is 0 Å². The van der Waals surface area contributed by atoms with Crippen LogP contribution < -0.4 is 27.4 Å². The first-order valence-electron chi connectivity index (χ1n) is 9.61. The van der Waals surface area contributed by atoms with Crippen molar-refractivity contribution in [2.45, 2.75) is 18.8 Å². The van der Waals surface area contributed by atoms with Gasteiger partial charge in [0, 0.05) is 78.5 Å². The van der Waals surface area contributed by atoms with Gasteiger partial charge in [-0.2, -0.15) is 0 Å². The molecule has 0 radical (unpaired) electrons. The molecule has 3 fully saturated rings. The van der Waals surface area contributed by atoms with Crippen LogP contribution in [0.3, 0.4) is 0 Å². The molecule has 3 saturated heterocycles. The Morgan fingerprint density at radius 2 is 1.20 bits per heavy atom. The van der Waals surface area contributed by atoms with Gasteiger partial charge < -0.3 is 27.4 Å². The van der Waals surface area contributed by atoms with Crippen molar-refractivity contribution in [1.29, 1.82) is 0 Å². The number of piperazine rings is 3. The molecule has 0 aromatic rings. The Bertz CT molecular complexity index is 415. The molecule has 1 atom stereocenters. The molecule has 3 heterocycles. The Kier molecular flexibility index (Phi) is 6.48. The van der Waals surface area contributed by atoms with E-state index in [4.69, 9.17) is 16.5 Å². The van der Waals surface area contributed by atoms with Crippen molar-refractivity contribution >= 4 is 5.96 Å². The highest BCUT2D eigenvalue weighted by molar-refractivity contribution is 5.76. The SMILES string of the molecule is CC(N1CCNCC1)C(N=C(N)N)(N1CCNCC1)N1CCNCC1. The van der Waals surface area contributed by atoms with E-state index >= 15 is 0 Å². The fourth-order valence-corrected chi connectivity index (χ4v) is 4.46. The first-order valence-corrected chi connectivity index (χ1v) is 9.61. The minimum atomic E-state index is -0.500. The lowest BCUT2D eigenvalue weighted by Crippen LogP contribution is -2.74. The van der Waals surface area contributed by atoms with Crippen molar-refractivity contribution < 1.29 is 0 Å². The molecule has 7 N–H and O–H groups in total. The van der Waals surface area contributed by atoms with E-state index in [0.717, 1.165) is 78.5 Å². The van der Waals surface area contributed by atoms with Gasteiger partial charge in [0.2, 0.25) is 0 Å². The molecule has 25 heavy (non-hydrogen) atoms. The van der Waals surface area contributed by atoms with Crippen LogP contribution in [-0.4, -0.2) is 111 Å². The number of hydrogen-bond acceptors (Lipinski definition) is 7.